The Morgan fingerprint density at radius 1 is 1.00 bits per heavy atom. The minimum atomic E-state index is -0.431. The number of nitrogens with zero attached hydrogens (tertiary/aromatic N) is 1. The van der Waals surface area contributed by atoms with Crippen LogP contribution in [0.15, 0.2) is 47.6 Å². The third kappa shape index (κ3) is 7.26. The first-order valence-electron chi connectivity index (χ1n) is 9.22. The number of benzene rings is 2. The van der Waals surface area contributed by atoms with Crippen molar-refractivity contribution in [3.05, 3.63) is 53.8 Å². The van der Waals surface area contributed by atoms with Crippen LogP contribution in [0.4, 0.5) is 4.39 Å². The predicted molar refractivity (Wildman–Crippen MR) is 106 cm³/mol. The van der Waals surface area contributed by atoms with Gasteiger partial charge in [-0.2, -0.15) is 5.10 Å². The highest BCUT2D eigenvalue weighted by Crippen LogP contribution is 2.24. The average Bonchev–Trinajstić information content (AvgIpc) is 2.71. The summed E-state index contributed by atoms with van der Waals surface area (Å²) in [6, 6.07) is 10.9. The quantitative estimate of drug-likeness (QED) is 0.468. The van der Waals surface area contributed by atoms with Crippen molar-refractivity contribution in [3.8, 4) is 17.2 Å². The highest BCUT2D eigenvalue weighted by Gasteiger charge is 2.06. The van der Waals surface area contributed by atoms with Crippen molar-refractivity contribution in [1.29, 1.82) is 0 Å². The van der Waals surface area contributed by atoms with Crippen LogP contribution >= 0.6 is 0 Å². The Morgan fingerprint density at radius 2 is 1.68 bits per heavy atom. The summed E-state index contributed by atoms with van der Waals surface area (Å²) in [5, 5.41) is 3.94. The Bertz CT molecular complexity index is 778. The van der Waals surface area contributed by atoms with Crippen molar-refractivity contribution in [3.63, 3.8) is 0 Å². The summed E-state index contributed by atoms with van der Waals surface area (Å²) in [6.07, 6.45) is 3.29. The molecule has 1 amide bonds. The number of hydrogen-bond acceptors (Lipinski definition) is 5. The van der Waals surface area contributed by atoms with E-state index in [9.17, 15) is 9.18 Å². The van der Waals surface area contributed by atoms with Gasteiger partial charge in [0.1, 0.15) is 23.1 Å². The van der Waals surface area contributed by atoms with Crippen LogP contribution in [0.25, 0.3) is 0 Å². The van der Waals surface area contributed by atoms with Crippen molar-refractivity contribution >= 4 is 12.1 Å². The molecule has 0 saturated heterocycles. The molecule has 2 rings (SSSR count). The molecule has 0 bridgehead atoms. The number of hydrazone groups is 1. The molecule has 1 N–H and O–H groups in total. The molecule has 2 aromatic rings. The second kappa shape index (κ2) is 11.6. The second-order valence-corrected chi connectivity index (χ2v) is 5.93. The molecule has 0 aliphatic heterocycles. The smallest absolute Gasteiger partial charge is 0.277 e. The van der Waals surface area contributed by atoms with E-state index in [1.165, 1.54) is 30.5 Å². The van der Waals surface area contributed by atoms with Crippen LogP contribution in [0.2, 0.25) is 0 Å². The summed E-state index contributed by atoms with van der Waals surface area (Å²) < 4.78 is 29.5. The van der Waals surface area contributed by atoms with Gasteiger partial charge in [-0.15, -0.1) is 0 Å². The normalized spacial score (nSPS) is 10.7. The average molecular weight is 388 g/mol. The lowest BCUT2D eigenvalue weighted by atomic mass is 10.2. The van der Waals surface area contributed by atoms with Gasteiger partial charge < -0.3 is 14.2 Å². The van der Waals surface area contributed by atoms with Gasteiger partial charge in [-0.25, -0.2) is 9.82 Å². The highest BCUT2D eigenvalue weighted by atomic mass is 19.1. The van der Waals surface area contributed by atoms with Crippen LogP contribution in [-0.2, 0) is 4.79 Å². The highest BCUT2D eigenvalue weighted by molar-refractivity contribution is 5.85. The molecular formula is C21H25FN2O4. The summed E-state index contributed by atoms with van der Waals surface area (Å²) in [7, 11) is 0. The van der Waals surface area contributed by atoms with E-state index in [0.717, 1.165) is 24.2 Å². The van der Waals surface area contributed by atoms with Crippen LogP contribution in [-0.4, -0.2) is 31.9 Å². The van der Waals surface area contributed by atoms with E-state index < -0.39 is 5.91 Å². The van der Waals surface area contributed by atoms with Gasteiger partial charge in [0.2, 0.25) is 0 Å². The molecule has 0 atom stereocenters. The molecule has 0 radical (unpaired) electrons. The molecular weight excluding hydrogens is 363 g/mol. The summed E-state index contributed by atoms with van der Waals surface area (Å²) in [6.45, 7) is 5.03. The third-order valence-electron chi connectivity index (χ3n) is 3.50. The molecule has 0 aliphatic carbocycles. The topological polar surface area (TPSA) is 69.2 Å². The first-order valence-corrected chi connectivity index (χ1v) is 9.22. The molecule has 7 heteroatoms. The van der Waals surface area contributed by atoms with Crippen LogP contribution < -0.4 is 19.6 Å². The number of halogens is 1. The van der Waals surface area contributed by atoms with Crippen LogP contribution in [0, 0.1) is 5.82 Å². The van der Waals surface area contributed by atoms with Gasteiger partial charge in [0.25, 0.3) is 5.91 Å². The first-order chi connectivity index (χ1) is 13.6. The van der Waals surface area contributed by atoms with Crippen molar-refractivity contribution in [2.45, 2.75) is 26.7 Å². The number of rotatable bonds is 11. The lowest BCUT2D eigenvalue weighted by Crippen LogP contribution is -2.24. The van der Waals surface area contributed by atoms with Crippen molar-refractivity contribution in [2.24, 2.45) is 5.10 Å². The fourth-order valence-corrected chi connectivity index (χ4v) is 2.15. The minimum absolute atomic E-state index is 0.230. The Labute approximate surface area is 164 Å². The van der Waals surface area contributed by atoms with Gasteiger partial charge >= 0.3 is 0 Å². The maximum Gasteiger partial charge on any atom is 0.277 e. The Morgan fingerprint density at radius 3 is 2.39 bits per heavy atom. The Hall–Kier alpha value is -3.09. The van der Waals surface area contributed by atoms with Gasteiger partial charge in [-0.1, -0.05) is 13.8 Å². The number of amides is 1. The number of nitrogens with one attached hydrogen (secondary N) is 1. The molecule has 0 unspecified atom stereocenters. The van der Waals surface area contributed by atoms with E-state index in [1.54, 1.807) is 0 Å². The van der Waals surface area contributed by atoms with Gasteiger partial charge in [0, 0.05) is 11.6 Å². The minimum Gasteiger partial charge on any atom is -0.493 e. The van der Waals surface area contributed by atoms with Crippen molar-refractivity contribution < 1.29 is 23.4 Å². The predicted octanol–water partition coefficient (Wildman–Crippen LogP) is 3.93. The largest absolute Gasteiger partial charge is 0.493 e. The monoisotopic (exact) mass is 388 g/mol. The lowest BCUT2D eigenvalue weighted by molar-refractivity contribution is -0.123. The van der Waals surface area contributed by atoms with Crippen LogP contribution in [0.1, 0.15) is 32.3 Å². The summed E-state index contributed by atoms with van der Waals surface area (Å²) in [5.74, 6) is 0.962. The molecule has 2 aromatic carbocycles. The molecule has 0 aromatic heterocycles. The molecule has 0 saturated carbocycles. The van der Waals surface area contributed by atoms with Crippen molar-refractivity contribution in [1.82, 2.24) is 5.43 Å². The summed E-state index contributed by atoms with van der Waals surface area (Å²) in [4.78, 5) is 11.8. The first kappa shape index (κ1) is 21.2. The molecule has 150 valence electrons. The number of carbonyl (C=O) groups is 1. The third-order valence-corrected chi connectivity index (χ3v) is 3.50. The van der Waals surface area contributed by atoms with E-state index in [0.29, 0.717) is 24.7 Å². The van der Waals surface area contributed by atoms with Gasteiger partial charge in [0.15, 0.2) is 6.61 Å². The van der Waals surface area contributed by atoms with E-state index in [1.807, 2.05) is 32.0 Å². The Kier molecular flexibility index (Phi) is 8.78. The zero-order valence-corrected chi connectivity index (χ0v) is 16.1. The van der Waals surface area contributed by atoms with E-state index in [-0.39, 0.29) is 12.4 Å². The van der Waals surface area contributed by atoms with E-state index in [4.69, 9.17) is 14.2 Å². The van der Waals surface area contributed by atoms with Crippen LogP contribution in [0.5, 0.6) is 17.2 Å². The Balaban J connectivity index is 1.91. The van der Waals surface area contributed by atoms with Gasteiger partial charge in [-0.3, -0.25) is 4.79 Å². The summed E-state index contributed by atoms with van der Waals surface area (Å²) in [5.41, 5.74) is 3.11. The van der Waals surface area contributed by atoms with Gasteiger partial charge in [0.05, 0.1) is 19.4 Å². The second-order valence-electron chi connectivity index (χ2n) is 5.93. The van der Waals surface area contributed by atoms with Gasteiger partial charge in [-0.05, 0) is 49.2 Å². The molecule has 0 fully saturated rings. The molecule has 0 aliphatic rings. The molecule has 0 spiro atoms. The lowest BCUT2D eigenvalue weighted by Gasteiger charge is -2.11. The molecule has 28 heavy (non-hydrogen) atoms. The number of ether oxygens (including phenoxy) is 3. The number of hydrogen-bond donors (Lipinski definition) is 1. The maximum atomic E-state index is 12.8. The fraction of sp³-hybridized carbons (Fsp3) is 0.333. The summed E-state index contributed by atoms with van der Waals surface area (Å²) >= 11 is 0. The number of carbonyl (C=O) groups excluding carboxylic acids is 1. The van der Waals surface area contributed by atoms with E-state index in [2.05, 4.69) is 10.5 Å². The van der Waals surface area contributed by atoms with Crippen molar-refractivity contribution in [2.75, 3.05) is 19.8 Å². The zero-order valence-electron chi connectivity index (χ0n) is 16.1. The zero-order chi connectivity index (χ0) is 20.2. The van der Waals surface area contributed by atoms with Crippen LogP contribution in [0.3, 0.4) is 0 Å². The molecule has 6 nitrogen and oxygen atoms in total. The fourth-order valence-electron chi connectivity index (χ4n) is 2.15. The maximum absolute atomic E-state index is 12.8. The SMILES string of the molecule is CCCOc1ccc(C=NNC(=O)COc2ccc(F)cc2)c(OCCC)c1. The standard InChI is InChI=1S/C21H25FN2O4/c1-3-11-26-19-8-5-16(20(13-19)27-12-4-2)14-23-24-21(25)15-28-18-9-6-17(22)7-10-18/h5-10,13-14H,3-4,11-12,15H2,1-2H3,(H,24,25). The van der Waals surface area contributed by atoms with E-state index >= 15 is 0 Å². The molecule has 0 heterocycles.